The molecule has 0 radical (unpaired) electrons. The molecule has 10 amide bonds. The number of hydrogen-bond acceptors (Lipinski definition) is 14. The van der Waals surface area contributed by atoms with E-state index in [1.165, 1.54) is 27.2 Å². The maximum absolute atomic E-state index is 14.5. The molecule has 3 rings (SSSR count). The zero-order valence-corrected chi connectivity index (χ0v) is 40.7. The zero-order valence-electron chi connectivity index (χ0n) is 38.2. The molecular formula is C42H66N12O11SSe. The number of likely N-dealkylation sites (tertiary alicyclic amines) is 1. The van der Waals surface area contributed by atoms with Crippen molar-refractivity contribution in [3.8, 4) is 5.75 Å². The van der Waals surface area contributed by atoms with E-state index in [1.807, 2.05) is 13.8 Å². The van der Waals surface area contributed by atoms with Crippen LogP contribution in [-0.2, 0) is 54.4 Å². The number of aromatic hydroxyl groups is 1. The first-order valence-corrected chi connectivity index (χ1v) is 26.3. The van der Waals surface area contributed by atoms with Gasteiger partial charge in [-0.15, -0.1) is 0 Å². The van der Waals surface area contributed by atoms with E-state index in [2.05, 4.69) is 37.2 Å². The quantitative estimate of drug-likeness (QED) is 0.0527. The first-order valence-electron chi connectivity index (χ1n) is 22.1. The van der Waals surface area contributed by atoms with Gasteiger partial charge in [-0.2, -0.15) is 0 Å². The summed E-state index contributed by atoms with van der Waals surface area (Å²) in [5.41, 5.74) is 23.1. The first kappa shape index (κ1) is 55.8. The Hall–Kier alpha value is -5.49. The number of amides is 10. The molecule has 0 aromatic heterocycles. The van der Waals surface area contributed by atoms with Crippen LogP contribution in [0.15, 0.2) is 24.3 Å². The monoisotopic (exact) mass is 1030 g/mol. The van der Waals surface area contributed by atoms with E-state index in [0.29, 0.717) is 24.8 Å². The summed E-state index contributed by atoms with van der Waals surface area (Å²) in [6.07, 6.45) is -0.779. The number of hydrogen-bond donors (Lipinski definition) is 12. The van der Waals surface area contributed by atoms with Gasteiger partial charge in [0.05, 0.1) is 0 Å². The summed E-state index contributed by atoms with van der Waals surface area (Å²) in [7, 11) is 1.21. The molecule has 2 aliphatic heterocycles. The molecule has 2 fully saturated rings. The number of nitrogens with two attached hydrogens (primary N) is 4. The molecule has 2 heterocycles. The van der Waals surface area contributed by atoms with Gasteiger partial charge in [0.2, 0.25) is 0 Å². The summed E-state index contributed by atoms with van der Waals surface area (Å²) < 4.78 is 0. The molecule has 16 N–H and O–H groups in total. The van der Waals surface area contributed by atoms with Gasteiger partial charge in [0.15, 0.2) is 0 Å². The molecule has 23 nitrogen and oxygen atoms in total. The Balaban J connectivity index is 2.05. The summed E-state index contributed by atoms with van der Waals surface area (Å²) in [5, 5.41) is 28.5. The van der Waals surface area contributed by atoms with Gasteiger partial charge in [-0.1, -0.05) is 0 Å². The Kier molecular flexibility index (Phi) is 22.8. The summed E-state index contributed by atoms with van der Waals surface area (Å²) in [4.78, 5) is 135. The number of nitrogens with zero attached hydrogens (tertiary/aromatic N) is 1. The zero-order chi connectivity index (χ0) is 50.0. The SMILES string of the molecule is CC[C@H](C)[C@@H]1NC(=O)[C@H](Cc2ccc(O)cc2)NC(=O)[C@@H](N)CS[Se]C[C@@H](C(=O)N2CCC[C@H]2C(=O)N[C@@H](CC(C)C)NCC(N)=O)NC(=O)[C@H](CC(N)=O)NC(=O)[C@H](CCC(N)=O)NC1=O. The number of primary amides is 3. The summed E-state index contributed by atoms with van der Waals surface area (Å²) >= 11 is -0.593. The number of benzene rings is 1. The van der Waals surface area contributed by atoms with Gasteiger partial charge in [-0.25, -0.2) is 0 Å². The van der Waals surface area contributed by atoms with Crippen molar-refractivity contribution in [1.82, 2.24) is 42.1 Å². The van der Waals surface area contributed by atoms with Crippen molar-refractivity contribution in [2.75, 3.05) is 18.8 Å². The van der Waals surface area contributed by atoms with Crippen LogP contribution >= 0.6 is 10.2 Å². The fraction of sp³-hybridized carbons (Fsp3) is 0.619. The van der Waals surface area contributed by atoms with E-state index in [9.17, 15) is 53.1 Å². The molecule has 0 unspecified atom stereocenters. The second kappa shape index (κ2) is 27.4. The molecule has 67 heavy (non-hydrogen) atoms. The summed E-state index contributed by atoms with van der Waals surface area (Å²) in [5.74, 6) is -8.52. The maximum atomic E-state index is 14.5. The van der Waals surface area contributed by atoms with Crippen molar-refractivity contribution in [2.24, 2.45) is 34.8 Å². The topological polar surface area (TPSA) is 382 Å². The van der Waals surface area contributed by atoms with Crippen molar-refractivity contribution < 1.29 is 53.1 Å². The number of carbonyl (C=O) groups is 10. The Morgan fingerprint density at radius 3 is 2.07 bits per heavy atom. The van der Waals surface area contributed by atoms with Gasteiger partial charge in [0.1, 0.15) is 0 Å². The molecular weight excluding hydrogens is 960 g/mol. The number of nitrogens with one attached hydrogen (secondary N) is 7. The van der Waals surface area contributed by atoms with E-state index in [1.54, 1.807) is 26.0 Å². The average Bonchev–Trinajstić information content (AvgIpc) is 3.76. The van der Waals surface area contributed by atoms with Gasteiger partial charge in [0.25, 0.3) is 0 Å². The van der Waals surface area contributed by atoms with Crippen LogP contribution in [-0.4, -0.2) is 150 Å². The molecule has 1 aromatic carbocycles. The fourth-order valence-electron chi connectivity index (χ4n) is 7.23. The van der Waals surface area contributed by atoms with Gasteiger partial charge < -0.3 is 0 Å². The minimum absolute atomic E-state index is 0.00345. The van der Waals surface area contributed by atoms with E-state index >= 15 is 0 Å². The van der Waals surface area contributed by atoms with Crippen LogP contribution in [0.5, 0.6) is 5.75 Å². The minimum atomic E-state index is -1.70. The van der Waals surface area contributed by atoms with Crippen molar-refractivity contribution in [2.45, 2.75) is 133 Å². The van der Waals surface area contributed by atoms with Crippen molar-refractivity contribution in [3.63, 3.8) is 0 Å². The molecule has 9 atom stereocenters. The summed E-state index contributed by atoms with van der Waals surface area (Å²) in [6.45, 7) is 7.19. The molecule has 2 aliphatic rings. The van der Waals surface area contributed by atoms with Gasteiger partial charge in [0, 0.05) is 0 Å². The number of phenols is 1. The van der Waals surface area contributed by atoms with E-state index in [0.717, 1.165) is 0 Å². The third-order valence-electron chi connectivity index (χ3n) is 11.1. The van der Waals surface area contributed by atoms with E-state index in [4.69, 9.17) is 22.9 Å². The van der Waals surface area contributed by atoms with Crippen LogP contribution in [0.3, 0.4) is 0 Å². The van der Waals surface area contributed by atoms with Gasteiger partial charge in [-0.05, 0) is 0 Å². The first-order chi connectivity index (χ1) is 31.6. The third kappa shape index (κ3) is 18.6. The number of rotatable bonds is 17. The predicted molar refractivity (Wildman–Crippen MR) is 247 cm³/mol. The van der Waals surface area contributed by atoms with Crippen LogP contribution < -0.4 is 60.2 Å². The molecule has 0 bridgehead atoms. The Labute approximate surface area is 398 Å². The number of phenolic OH excluding ortho intramolecular Hbond substituents is 1. The van der Waals surface area contributed by atoms with E-state index < -0.39 is 140 Å². The van der Waals surface area contributed by atoms with E-state index in [-0.39, 0.29) is 55.1 Å². The standard InChI is InChI=1S/C42H66N12O11SSe/c1-5-22(4)35-41(64)48-26(12-13-31(44)56)37(60)50-28(17-32(45)57)38(61)51-29(42(65)54-14-6-7-30(54)40(63)52-34(15-21(2)3)47-18-33(46)58)20-67-66-19-25(43)36(59)49-27(39(62)53-35)16-23-8-10-24(55)11-9-23/h8-11,21-22,25-30,34-35,47,55H,5-7,12-20,43H2,1-4H3,(H2,44,56)(H2,45,57)(H2,46,58)(H,48,64)(H,49,59)(H,50,60)(H,51,61)(H,52,63)(H,53,62)/t22-,25-,26-,27-,28-,29-,30-,34-,35-/m0/s1. The molecule has 1 aromatic rings. The van der Waals surface area contributed by atoms with Crippen molar-refractivity contribution >= 4 is 83.1 Å². The van der Waals surface area contributed by atoms with Crippen LogP contribution in [0.2, 0.25) is 5.32 Å². The van der Waals surface area contributed by atoms with Crippen LogP contribution in [0.1, 0.15) is 78.2 Å². The molecule has 0 aliphatic carbocycles. The van der Waals surface area contributed by atoms with Crippen LogP contribution in [0, 0.1) is 11.8 Å². The fourth-order valence-corrected chi connectivity index (χ4v) is 11.3. The predicted octanol–water partition coefficient (Wildman–Crippen LogP) is -3.79. The second-order valence-corrected chi connectivity index (χ2v) is 21.5. The molecule has 2 saturated heterocycles. The van der Waals surface area contributed by atoms with Crippen LogP contribution in [0.4, 0.5) is 0 Å². The number of carbonyl (C=O) groups excluding carboxylic acids is 10. The van der Waals surface area contributed by atoms with Gasteiger partial charge in [-0.3, -0.25) is 0 Å². The van der Waals surface area contributed by atoms with Crippen molar-refractivity contribution in [3.05, 3.63) is 29.8 Å². The molecule has 25 heteroatoms. The normalized spacial score (nSPS) is 24.8. The molecule has 0 spiro atoms. The van der Waals surface area contributed by atoms with Crippen molar-refractivity contribution in [1.29, 1.82) is 0 Å². The van der Waals surface area contributed by atoms with Gasteiger partial charge >= 0.3 is 400 Å². The molecule has 0 saturated carbocycles. The molecule has 372 valence electrons. The Morgan fingerprint density at radius 2 is 1.46 bits per heavy atom. The Morgan fingerprint density at radius 1 is 0.836 bits per heavy atom. The summed E-state index contributed by atoms with van der Waals surface area (Å²) in [6, 6.07) is -3.43. The second-order valence-electron chi connectivity index (χ2n) is 17.1. The average molecular weight is 1030 g/mol. The Bertz CT molecular complexity index is 1950. The third-order valence-corrected chi connectivity index (χ3v) is 15.3. The van der Waals surface area contributed by atoms with Crippen LogP contribution in [0.25, 0.3) is 0 Å².